The number of nitrogens with zero attached hydrogens (tertiary/aromatic N) is 1. The third kappa shape index (κ3) is 2.87. The molecule has 2 rings (SSSR count). The third-order valence-corrected chi connectivity index (χ3v) is 3.18. The van der Waals surface area contributed by atoms with Gasteiger partial charge in [-0.05, 0) is 12.1 Å². The molecule has 0 atom stereocenters. The molecule has 0 aromatic heterocycles. The van der Waals surface area contributed by atoms with Crippen molar-refractivity contribution in [3.8, 4) is 5.75 Å². The summed E-state index contributed by atoms with van der Waals surface area (Å²) < 4.78 is 6.41. The summed E-state index contributed by atoms with van der Waals surface area (Å²) in [4.78, 5) is 10.4. The SMILES string of the molecule is O=[N+]([O-])c1ccccc1OCc1ccccc1Br. The third-order valence-electron chi connectivity index (χ3n) is 2.40. The van der Waals surface area contributed by atoms with E-state index >= 15 is 0 Å². The maximum absolute atomic E-state index is 10.8. The zero-order valence-corrected chi connectivity index (χ0v) is 11.0. The summed E-state index contributed by atoms with van der Waals surface area (Å²) in [5, 5.41) is 10.8. The Morgan fingerprint density at radius 3 is 2.50 bits per heavy atom. The van der Waals surface area contributed by atoms with E-state index in [1.807, 2.05) is 24.3 Å². The minimum absolute atomic E-state index is 0.0236. The number of benzene rings is 2. The highest BCUT2D eigenvalue weighted by atomic mass is 79.9. The number of hydrogen-bond acceptors (Lipinski definition) is 3. The molecule has 0 bridgehead atoms. The van der Waals surface area contributed by atoms with Crippen molar-refractivity contribution in [3.63, 3.8) is 0 Å². The summed E-state index contributed by atoms with van der Waals surface area (Å²) in [5.41, 5.74) is 0.917. The van der Waals surface area contributed by atoms with Gasteiger partial charge in [0.15, 0.2) is 5.75 Å². The zero-order chi connectivity index (χ0) is 13.0. The van der Waals surface area contributed by atoms with Crippen LogP contribution >= 0.6 is 15.9 Å². The topological polar surface area (TPSA) is 52.4 Å². The molecule has 0 aliphatic rings. The molecular formula is C13H10BrNO3. The van der Waals surface area contributed by atoms with Gasteiger partial charge in [-0.15, -0.1) is 0 Å². The van der Waals surface area contributed by atoms with Gasteiger partial charge in [0.05, 0.1) is 4.92 Å². The summed E-state index contributed by atoms with van der Waals surface area (Å²) in [7, 11) is 0. The Balaban J connectivity index is 2.16. The van der Waals surface area contributed by atoms with Crippen molar-refractivity contribution in [2.45, 2.75) is 6.61 Å². The van der Waals surface area contributed by atoms with Crippen molar-refractivity contribution in [1.29, 1.82) is 0 Å². The van der Waals surface area contributed by atoms with Gasteiger partial charge < -0.3 is 4.74 Å². The Labute approximate surface area is 112 Å². The number of ether oxygens (including phenoxy) is 1. The highest BCUT2D eigenvalue weighted by molar-refractivity contribution is 9.10. The fourth-order valence-electron chi connectivity index (χ4n) is 1.50. The van der Waals surface area contributed by atoms with Gasteiger partial charge in [-0.1, -0.05) is 46.3 Å². The first kappa shape index (κ1) is 12.6. The fourth-order valence-corrected chi connectivity index (χ4v) is 1.90. The van der Waals surface area contributed by atoms with Crippen LogP contribution in [0, 0.1) is 10.1 Å². The van der Waals surface area contributed by atoms with E-state index in [1.165, 1.54) is 6.07 Å². The minimum Gasteiger partial charge on any atom is -0.482 e. The molecule has 92 valence electrons. The van der Waals surface area contributed by atoms with Crippen molar-refractivity contribution in [1.82, 2.24) is 0 Å². The molecule has 0 unspecified atom stereocenters. The summed E-state index contributed by atoms with van der Waals surface area (Å²) in [5.74, 6) is 0.276. The van der Waals surface area contributed by atoms with Gasteiger partial charge in [-0.25, -0.2) is 0 Å². The molecule has 0 amide bonds. The van der Waals surface area contributed by atoms with Gasteiger partial charge in [-0.3, -0.25) is 10.1 Å². The molecule has 0 saturated heterocycles. The fraction of sp³-hybridized carbons (Fsp3) is 0.0769. The molecule has 5 heteroatoms. The van der Waals surface area contributed by atoms with Crippen LogP contribution in [-0.2, 0) is 6.61 Å². The molecular weight excluding hydrogens is 298 g/mol. The largest absolute Gasteiger partial charge is 0.482 e. The second-order valence-electron chi connectivity index (χ2n) is 3.60. The number of halogens is 1. The van der Waals surface area contributed by atoms with E-state index in [1.54, 1.807) is 18.2 Å². The van der Waals surface area contributed by atoms with Gasteiger partial charge in [-0.2, -0.15) is 0 Å². The quantitative estimate of drug-likeness (QED) is 0.635. The van der Waals surface area contributed by atoms with Gasteiger partial charge >= 0.3 is 5.69 Å². The van der Waals surface area contributed by atoms with Crippen molar-refractivity contribution < 1.29 is 9.66 Å². The van der Waals surface area contributed by atoms with E-state index in [9.17, 15) is 10.1 Å². The van der Waals surface area contributed by atoms with Crippen LogP contribution in [0.4, 0.5) is 5.69 Å². The molecule has 4 nitrogen and oxygen atoms in total. The lowest BCUT2D eigenvalue weighted by molar-refractivity contribution is -0.385. The Bertz CT molecular complexity index is 572. The van der Waals surface area contributed by atoms with Crippen molar-refractivity contribution in [2.75, 3.05) is 0 Å². The summed E-state index contributed by atoms with van der Waals surface area (Å²) in [6.07, 6.45) is 0. The second-order valence-corrected chi connectivity index (χ2v) is 4.46. The molecule has 0 spiro atoms. The second kappa shape index (κ2) is 5.64. The standard InChI is InChI=1S/C13H10BrNO3/c14-11-6-2-1-5-10(11)9-18-13-8-4-3-7-12(13)15(16)17/h1-8H,9H2. The van der Waals surface area contributed by atoms with Crippen LogP contribution < -0.4 is 4.74 Å². The molecule has 2 aromatic carbocycles. The van der Waals surface area contributed by atoms with E-state index in [4.69, 9.17) is 4.74 Å². The lowest BCUT2D eigenvalue weighted by Gasteiger charge is -2.07. The van der Waals surface area contributed by atoms with E-state index in [0.29, 0.717) is 0 Å². The summed E-state index contributed by atoms with van der Waals surface area (Å²) in [6, 6.07) is 13.9. The average molecular weight is 308 g/mol. The van der Waals surface area contributed by atoms with Crippen molar-refractivity contribution in [2.24, 2.45) is 0 Å². The summed E-state index contributed by atoms with van der Waals surface area (Å²) >= 11 is 3.40. The van der Waals surface area contributed by atoms with Crippen LogP contribution in [0.5, 0.6) is 5.75 Å². The Morgan fingerprint density at radius 1 is 1.11 bits per heavy atom. The first-order chi connectivity index (χ1) is 8.68. The Kier molecular flexibility index (Phi) is 3.94. The molecule has 0 radical (unpaired) electrons. The monoisotopic (exact) mass is 307 g/mol. The number of nitro benzene ring substituents is 1. The molecule has 2 aromatic rings. The van der Waals surface area contributed by atoms with E-state index in [0.717, 1.165) is 10.0 Å². The molecule has 0 aliphatic heterocycles. The molecule has 0 fully saturated rings. The Morgan fingerprint density at radius 2 is 1.78 bits per heavy atom. The van der Waals surface area contributed by atoms with Crippen LogP contribution in [0.1, 0.15) is 5.56 Å². The highest BCUT2D eigenvalue weighted by Gasteiger charge is 2.13. The number of para-hydroxylation sites is 2. The maximum atomic E-state index is 10.8. The smallest absolute Gasteiger partial charge is 0.310 e. The lowest BCUT2D eigenvalue weighted by Crippen LogP contribution is -1.99. The highest BCUT2D eigenvalue weighted by Crippen LogP contribution is 2.27. The van der Waals surface area contributed by atoms with Crippen molar-refractivity contribution in [3.05, 3.63) is 68.7 Å². The van der Waals surface area contributed by atoms with Gasteiger partial charge in [0, 0.05) is 16.1 Å². The molecule has 0 N–H and O–H groups in total. The number of nitro groups is 1. The summed E-state index contributed by atoms with van der Waals surface area (Å²) in [6.45, 7) is 0.284. The van der Waals surface area contributed by atoms with Crippen molar-refractivity contribution >= 4 is 21.6 Å². The van der Waals surface area contributed by atoms with E-state index < -0.39 is 4.92 Å². The van der Waals surface area contributed by atoms with E-state index in [2.05, 4.69) is 15.9 Å². The van der Waals surface area contributed by atoms with Crippen LogP contribution in [0.15, 0.2) is 53.0 Å². The molecule has 0 saturated carbocycles. The normalized spacial score (nSPS) is 10.1. The van der Waals surface area contributed by atoms with Gasteiger partial charge in [0.2, 0.25) is 0 Å². The number of rotatable bonds is 4. The predicted molar refractivity (Wildman–Crippen MR) is 71.6 cm³/mol. The first-order valence-corrected chi connectivity index (χ1v) is 6.07. The number of hydrogen-bond donors (Lipinski definition) is 0. The zero-order valence-electron chi connectivity index (χ0n) is 9.38. The van der Waals surface area contributed by atoms with Crippen LogP contribution in [0.2, 0.25) is 0 Å². The van der Waals surface area contributed by atoms with Crippen LogP contribution in [0.25, 0.3) is 0 Å². The first-order valence-electron chi connectivity index (χ1n) is 5.28. The van der Waals surface area contributed by atoms with Crippen LogP contribution in [0.3, 0.4) is 0 Å². The molecule has 0 aliphatic carbocycles. The van der Waals surface area contributed by atoms with Crippen LogP contribution in [-0.4, -0.2) is 4.92 Å². The lowest BCUT2D eigenvalue weighted by atomic mass is 10.2. The molecule has 0 heterocycles. The molecule has 18 heavy (non-hydrogen) atoms. The van der Waals surface area contributed by atoms with Gasteiger partial charge in [0.25, 0.3) is 0 Å². The maximum Gasteiger partial charge on any atom is 0.310 e. The average Bonchev–Trinajstić information content (AvgIpc) is 2.38. The minimum atomic E-state index is -0.449. The Hall–Kier alpha value is -1.88. The van der Waals surface area contributed by atoms with E-state index in [-0.39, 0.29) is 18.0 Å². The van der Waals surface area contributed by atoms with Gasteiger partial charge in [0.1, 0.15) is 6.61 Å². The predicted octanol–water partition coefficient (Wildman–Crippen LogP) is 3.94.